The maximum atomic E-state index is 13.0. The Balaban J connectivity index is 1.44. The van der Waals surface area contributed by atoms with Gasteiger partial charge in [0.25, 0.3) is 20.2 Å². The fraction of sp³-hybridized carbons (Fsp3) is 0.239. The lowest BCUT2D eigenvalue weighted by atomic mass is 9.90. The molecule has 0 saturated heterocycles. The third kappa shape index (κ3) is 9.17. The van der Waals surface area contributed by atoms with Gasteiger partial charge in [-0.3, -0.25) is 14.0 Å². The van der Waals surface area contributed by atoms with E-state index in [0.29, 0.717) is 48.8 Å². The van der Waals surface area contributed by atoms with Gasteiger partial charge in [-0.1, -0.05) is 67.7 Å². The molecule has 0 aliphatic rings. The van der Waals surface area contributed by atoms with Crippen LogP contribution in [0.3, 0.4) is 0 Å². The number of rotatable bonds is 11. The SMILES string of the molecule is Cc1cc(N(c2nc3ccc(S(=O)O)cc3s2)c2c(C)cc(C)c(S(=O)(=O)O)c2C)nc(Nc2c(C)cc(C)c(S(=O)(=O)O)c2C)c1/N=N/c1c(C#N)c(C(C)(C)C)nn1-c1nc2ccccc2s1. The highest BCUT2D eigenvalue weighted by molar-refractivity contribution is 7.86. The fourth-order valence-electron chi connectivity index (χ4n) is 8.47. The van der Waals surface area contributed by atoms with Gasteiger partial charge in [0.05, 0.1) is 36.7 Å². The van der Waals surface area contributed by atoms with Gasteiger partial charge in [-0.2, -0.15) is 31.9 Å². The average molecular weight is 1030 g/mol. The Kier molecular flexibility index (Phi) is 12.7. The number of azo groups is 1. The summed E-state index contributed by atoms with van der Waals surface area (Å²) in [7, 11) is -9.51. The minimum Gasteiger partial charge on any atom is -0.338 e. The molecule has 0 aliphatic carbocycles. The molecule has 0 amide bonds. The number of aryl methyl sites for hydroxylation is 5. The molecule has 4 aromatic heterocycles. The fourth-order valence-corrected chi connectivity index (χ4v) is 12.8. The smallest absolute Gasteiger partial charge is 0.295 e. The van der Waals surface area contributed by atoms with Crippen molar-refractivity contribution in [2.75, 3.05) is 10.2 Å². The highest BCUT2D eigenvalue weighted by Gasteiger charge is 2.32. The van der Waals surface area contributed by atoms with Crippen molar-refractivity contribution in [2.45, 2.75) is 89.3 Å². The molecule has 0 bridgehead atoms. The van der Waals surface area contributed by atoms with Crippen molar-refractivity contribution < 1.29 is 34.7 Å². The zero-order valence-electron chi connectivity index (χ0n) is 38.7. The first-order valence-electron chi connectivity index (χ1n) is 20.9. The van der Waals surface area contributed by atoms with E-state index in [9.17, 15) is 40.0 Å². The normalized spacial score (nSPS) is 12.9. The minimum atomic E-state index is -4.78. The van der Waals surface area contributed by atoms with Gasteiger partial charge in [0.2, 0.25) is 5.13 Å². The molecular weight excluding hydrogens is 981 g/mol. The van der Waals surface area contributed by atoms with Crippen molar-refractivity contribution in [2.24, 2.45) is 10.2 Å². The van der Waals surface area contributed by atoms with E-state index in [2.05, 4.69) is 11.4 Å². The van der Waals surface area contributed by atoms with Gasteiger partial charge in [0.15, 0.2) is 27.8 Å². The Morgan fingerprint density at radius 3 is 2.03 bits per heavy atom. The van der Waals surface area contributed by atoms with Crippen LogP contribution in [0, 0.1) is 59.8 Å². The van der Waals surface area contributed by atoms with Crippen molar-refractivity contribution in [3.05, 3.63) is 111 Å². The van der Waals surface area contributed by atoms with Crippen LogP contribution in [0.1, 0.15) is 71.0 Å². The molecule has 69 heavy (non-hydrogen) atoms. The molecular formula is C46H44N10O8S5. The first-order valence-corrected chi connectivity index (χ1v) is 26.5. The van der Waals surface area contributed by atoms with Crippen LogP contribution in [0.2, 0.25) is 0 Å². The number of hydrogen-bond donors (Lipinski definition) is 4. The Morgan fingerprint density at radius 1 is 0.768 bits per heavy atom. The highest BCUT2D eigenvalue weighted by atomic mass is 32.2. The van der Waals surface area contributed by atoms with E-state index in [1.807, 2.05) is 45.0 Å². The zero-order valence-corrected chi connectivity index (χ0v) is 42.8. The number of fused-ring (bicyclic) bond motifs is 2. The van der Waals surface area contributed by atoms with E-state index in [1.165, 1.54) is 35.1 Å². The second-order valence-electron chi connectivity index (χ2n) is 17.4. The second kappa shape index (κ2) is 17.9. The van der Waals surface area contributed by atoms with Gasteiger partial charge >= 0.3 is 0 Å². The van der Waals surface area contributed by atoms with Crippen LogP contribution in [0.25, 0.3) is 25.6 Å². The number of thiazole rings is 2. The molecule has 1 atom stereocenters. The molecule has 356 valence electrons. The Bertz CT molecular complexity index is 3760. The summed E-state index contributed by atoms with van der Waals surface area (Å²) in [5.41, 5.74) is 4.29. The first kappa shape index (κ1) is 49.1. The summed E-state index contributed by atoms with van der Waals surface area (Å²) in [4.78, 5) is 15.9. The van der Waals surface area contributed by atoms with Crippen molar-refractivity contribution in [1.82, 2.24) is 24.7 Å². The van der Waals surface area contributed by atoms with Crippen LogP contribution in [-0.2, 0) is 36.7 Å². The van der Waals surface area contributed by atoms with Crippen LogP contribution in [-0.4, -0.2) is 59.4 Å². The predicted molar refractivity (Wildman–Crippen MR) is 268 cm³/mol. The number of aromatic nitrogens is 5. The van der Waals surface area contributed by atoms with E-state index in [-0.39, 0.29) is 76.6 Å². The first-order chi connectivity index (χ1) is 32.3. The van der Waals surface area contributed by atoms with E-state index in [1.54, 1.807) is 70.7 Å². The summed E-state index contributed by atoms with van der Waals surface area (Å²) in [5.74, 6) is 0.224. The molecule has 23 heteroatoms. The average Bonchev–Trinajstić information content (AvgIpc) is 3.96. The van der Waals surface area contributed by atoms with Crippen LogP contribution >= 0.6 is 22.7 Å². The molecule has 4 N–H and O–H groups in total. The predicted octanol–water partition coefficient (Wildman–Crippen LogP) is 11.5. The summed E-state index contributed by atoms with van der Waals surface area (Å²) in [6.07, 6.45) is 0. The number of hydrogen-bond acceptors (Lipinski definition) is 16. The minimum absolute atomic E-state index is 0.00666. The van der Waals surface area contributed by atoms with E-state index >= 15 is 0 Å². The van der Waals surface area contributed by atoms with E-state index in [0.717, 1.165) is 16.0 Å². The van der Waals surface area contributed by atoms with Crippen molar-refractivity contribution in [1.29, 1.82) is 5.26 Å². The topological polar surface area (TPSA) is 266 Å². The second-order valence-corrected chi connectivity index (χ2v) is 23.1. The summed E-state index contributed by atoms with van der Waals surface area (Å²) in [5, 5.41) is 29.0. The number of nitriles is 1. The zero-order chi connectivity index (χ0) is 50.2. The van der Waals surface area contributed by atoms with Gasteiger partial charge in [0.1, 0.15) is 32.9 Å². The largest absolute Gasteiger partial charge is 0.338 e. The lowest BCUT2D eigenvalue weighted by molar-refractivity contribution is 0.479. The standard InChI is InChI=1S/C46H44N10O8S5/c1-22-17-25(4)39(68(59,60)61)27(6)36(22)51-42-37(52-53-43-30(21-47)41(46(8,9)10)54-56(43)45-49-31-13-11-12-14-33(31)65-45)23(2)19-35(50-42)55(38-24(3)18-26(5)40(28(38)7)69(62,63)64)44-48-32-16-15-29(67(57)58)20-34(32)66-44/h11-20H,1-10H3,(H,50,51)(H,57,58)(H,59,60,61)(H,62,63,64)/b53-52+. The molecule has 1 unspecified atom stereocenters. The Labute approximate surface area is 408 Å². The summed E-state index contributed by atoms with van der Waals surface area (Å²) in [6.45, 7) is 17.2. The highest BCUT2D eigenvalue weighted by Crippen LogP contribution is 2.47. The molecule has 0 radical (unpaired) electrons. The molecule has 8 rings (SSSR count). The van der Waals surface area contributed by atoms with E-state index < -0.39 is 36.7 Å². The maximum Gasteiger partial charge on any atom is 0.295 e. The van der Waals surface area contributed by atoms with Crippen molar-refractivity contribution in [3.8, 4) is 11.2 Å². The number of para-hydroxylation sites is 1. The summed E-state index contributed by atoms with van der Waals surface area (Å²) >= 11 is 0.163. The van der Waals surface area contributed by atoms with Gasteiger partial charge in [-0.25, -0.2) is 19.2 Å². The molecule has 0 aliphatic heterocycles. The Hall–Kier alpha value is -6.36. The molecule has 8 aromatic rings. The maximum absolute atomic E-state index is 13.0. The van der Waals surface area contributed by atoms with Crippen molar-refractivity contribution in [3.63, 3.8) is 0 Å². The summed E-state index contributed by atoms with van der Waals surface area (Å²) < 4.78 is 97.5. The van der Waals surface area contributed by atoms with Crippen LogP contribution in [0.15, 0.2) is 85.6 Å². The van der Waals surface area contributed by atoms with Crippen LogP contribution in [0.4, 0.5) is 39.6 Å². The molecule has 0 spiro atoms. The number of anilines is 5. The third-order valence-corrected chi connectivity index (χ3v) is 16.2. The van der Waals surface area contributed by atoms with Gasteiger partial charge in [0, 0.05) is 11.1 Å². The van der Waals surface area contributed by atoms with Crippen LogP contribution < -0.4 is 10.2 Å². The molecule has 0 saturated carbocycles. The number of nitrogens with one attached hydrogen (secondary N) is 1. The van der Waals surface area contributed by atoms with Gasteiger partial charge < -0.3 is 9.87 Å². The molecule has 0 fully saturated rings. The molecule has 18 nitrogen and oxygen atoms in total. The van der Waals surface area contributed by atoms with Crippen LogP contribution in [0.5, 0.6) is 0 Å². The quantitative estimate of drug-likeness (QED) is 0.0533. The lowest BCUT2D eigenvalue weighted by Crippen LogP contribution is -2.17. The number of benzene rings is 4. The monoisotopic (exact) mass is 1020 g/mol. The van der Waals surface area contributed by atoms with Crippen molar-refractivity contribution >= 4 is 114 Å². The lowest BCUT2D eigenvalue weighted by Gasteiger charge is -2.28. The summed E-state index contributed by atoms with van der Waals surface area (Å²) in [6, 6.07) is 19.2. The number of pyridine rings is 1. The molecule has 4 aromatic carbocycles. The van der Waals surface area contributed by atoms with Gasteiger partial charge in [-0.05, 0) is 124 Å². The third-order valence-electron chi connectivity index (χ3n) is 11.3. The van der Waals surface area contributed by atoms with E-state index in [4.69, 9.17) is 30.3 Å². The molecule has 4 heterocycles. The Morgan fingerprint density at radius 2 is 1.41 bits per heavy atom. The van der Waals surface area contributed by atoms with Gasteiger partial charge in [-0.15, -0.1) is 10.2 Å². The number of nitrogens with zero attached hydrogens (tertiary/aromatic N) is 9.